The highest BCUT2D eigenvalue weighted by Crippen LogP contribution is 2.18. The molecular weight excluding hydrogens is 264 g/mol. The van der Waals surface area contributed by atoms with Gasteiger partial charge in [-0.15, -0.1) is 0 Å². The minimum atomic E-state index is -1.27. The van der Waals surface area contributed by atoms with Gasteiger partial charge in [-0.3, -0.25) is 9.00 Å². The fourth-order valence-electron chi connectivity index (χ4n) is 2.26. The average molecular weight is 284 g/mol. The maximum absolute atomic E-state index is 12.1. The van der Waals surface area contributed by atoms with Gasteiger partial charge in [0.25, 0.3) is 0 Å². The zero-order valence-electron chi connectivity index (χ0n) is 11.3. The summed E-state index contributed by atoms with van der Waals surface area (Å²) in [6.07, 6.45) is 4.41. The van der Waals surface area contributed by atoms with Gasteiger partial charge in [0.1, 0.15) is 11.0 Å². The van der Waals surface area contributed by atoms with Crippen molar-refractivity contribution in [3.05, 3.63) is 17.5 Å². The molecule has 0 bridgehead atoms. The van der Waals surface area contributed by atoms with Crippen LogP contribution in [0.15, 0.2) is 10.6 Å². The molecule has 0 saturated heterocycles. The van der Waals surface area contributed by atoms with Crippen LogP contribution in [0.3, 0.4) is 0 Å². The zero-order valence-corrected chi connectivity index (χ0v) is 12.2. The number of aromatic nitrogens is 1. The Balaban J connectivity index is 1.85. The van der Waals surface area contributed by atoms with Crippen LogP contribution in [0.1, 0.15) is 44.1 Å². The number of rotatable bonds is 5. The van der Waals surface area contributed by atoms with E-state index in [1.54, 1.807) is 19.9 Å². The number of nitrogens with zero attached hydrogens (tertiary/aromatic N) is 1. The first-order valence-electron chi connectivity index (χ1n) is 6.66. The van der Waals surface area contributed by atoms with E-state index in [4.69, 9.17) is 4.52 Å². The minimum Gasteiger partial charge on any atom is -0.361 e. The Hall–Kier alpha value is -1.17. The molecule has 2 atom stereocenters. The second-order valence-corrected chi connectivity index (χ2v) is 6.84. The van der Waals surface area contributed by atoms with Crippen molar-refractivity contribution in [2.75, 3.05) is 0 Å². The SMILES string of the molecule is Cc1cc(CS(=O)C(C)C(=O)NC2CCCC2)no1. The van der Waals surface area contributed by atoms with Gasteiger partial charge in [-0.05, 0) is 26.7 Å². The van der Waals surface area contributed by atoms with E-state index in [9.17, 15) is 9.00 Å². The van der Waals surface area contributed by atoms with E-state index in [2.05, 4.69) is 10.5 Å². The van der Waals surface area contributed by atoms with Crippen molar-refractivity contribution in [1.82, 2.24) is 10.5 Å². The third-order valence-electron chi connectivity index (χ3n) is 3.43. The number of amides is 1. The van der Waals surface area contributed by atoms with Crippen molar-refractivity contribution in [3.63, 3.8) is 0 Å². The predicted octanol–water partition coefficient (Wildman–Crippen LogP) is 1.68. The highest BCUT2D eigenvalue weighted by atomic mass is 32.2. The molecular formula is C13H20N2O3S. The molecule has 1 aliphatic carbocycles. The first kappa shape index (κ1) is 14.2. The van der Waals surface area contributed by atoms with Crippen molar-refractivity contribution in [2.45, 2.75) is 56.6 Å². The van der Waals surface area contributed by atoms with Crippen LogP contribution < -0.4 is 5.32 Å². The molecule has 1 aromatic heterocycles. The molecule has 2 unspecified atom stereocenters. The number of nitrogens with one attached hydrogen (secondary N) is 1. The maximum atomic E-state index is 12.1. The Labute approximate surface area is 115 Å². The molecule has 1 aromatic rings. The second-order valence-electron chi connectivity index (χ2n) is 5.09. The predicted molar refractivity (Wildman–Crippen MR) is 72.9 cm³/mol. The Kier molecular flexibility index (Phi) is 4.74. The van der Waals surface area contributed by atoms with Crippen molar-refractivity contribution in [3.8, 4) is 0 Å². The van der Waals surface area contributed by atoms with Crippen LogP contribution in [-0.4, -0.2) is 26.6 Å². The number of carbonyl (C=O) groups excluding carboxylic acids is 1. The topological polar surface area (TPSA) is 72.2 Å². The maximum Gasteiger partial charge on any atom is 0.235 e. The highest BCUT2D eigenvalue weighted by Gasteiger charge is 2.24. The summed E-state index contributed by atoms with van der Waals surface area (Å²) < 4.78 is 17.0. The molecule has 6 heteroatoms. The molecule has 106 valence electrons. The van der Waals surface area contributed by atoms with Crippen molar-refractivity contribution >= 4 is 16.7 Å². The van der Waals surface area contributed by atoms with Gasteiger partial charge in [0.2, 0.25) is 5.91 Å². The van der Waals surface area contributed by atoms with Gasteiger partial charge >= 0.3 is 0 Å². The summed E-state index contributed by atoms with van der Waals surface area (Å²) in [5, 5.41) is 6.26. The van der Waals surface area contributed by atoms with Crippen LogP contribution in [-0.2, 0) is 21.3 Å². The molecule has 0 aliphatic heterocycles. The number of hydrogen-bond donors (Lipinski definition) is 1. The Morgan fingerprint density at radius 1 is 1.58 bits per heavy atom. The van der Waals surface area contributed by atoms with Gasteiger partial charge in [0.15, 0.2) is 0 Å². The van der Waals surface area contributed by atoms with Crippen molar-refractivity contribution in [1.29, 1.82) is 0 Å². The second kappa shape index (κ2) is 6.32. The Morgan fingerprint density at radius 3 is 2.84 bits per heavy atom. The molecule has 5 nitrogen and oxygen atoms in total. The molecule has 19 heavy (non-hydrogen) atoms. The van der Waals surface area contributed by atoms with Gasteiger partial charge in [0, 0.05) is 22.9 Å². The van der Waals surface area contributed by atoms with E-state index < -0.39 is 16.0 Å². The van der Waals surface area contributed by atoms with Gasteiger partial charge < -0.3 is 9.84 Å². The molecule has 1 amide bonds. The van der Waals surface area contributed by atoms with Gasteiger partial charge in [0.05, 0.1) is 11.4 Å². The average Bonchev–Trinajstić information content (AvgIpc) is 3.00. The van der Waals surface area contributed by atoms with Gasteiger partial charge in [-0.25, -0.2) is 0 Å². The molecule has 1 aliphatic rings. The third-order valence-corrected chi connectivity index (χ3v) is 5.02. The lowest BCUT2D eigenvalue weighted by Gasteiger charge is -2.15. The van der Waals surface area contributed by atoms with Gasteiger partial charge in [-0.2, -0.15) is 0 Å². The van der Waals surface area contributed by atoms with E-state index in [0.29, 0.717) is 11.5 Å². The summed E-state index contributed by atoms with van der Waals surface area (Å²) in [4.78, 5) is 12.0. The summed E-state index contributed by atoms with van der Waals surface area (Å²) in [5.41, 5.74) is 0.636. The van der Waals surface area contributed by atoms with Crippen LogP contribution in [0, 0.1) is 6.92 Å². The van der Waals surface area contributed by atoms with Crippen LogP contribution in [0.4, 0.5) is 0 Å². The molecule has 1 saturated carbocycles. The molecule has 0 radical (unpaired) electrons. The molecule has 2 rings (SSSR count). The van der Waals surface area contributed by atoms with Crippen LogP contribution in [0.25, 0.3) is 0 Å². The molecule has 0 aromatic carbocycles. The van der Waals surface area contributed by atoms with E-state index in [0.717, 1.165) is 12.8 Å². The first-order valence-corrected chi connectivity index (χ1v) is 8.04. The lowest BCUT2D eigenvalue weighted by atomic mass is 10.2. The largest absolute Gasteiger partial charge is 0.361 e. The van der Waals surface area contributed by atoms with Crippen LogP contribution >= 0.6 is 0 Å². The van der Waals surface area contributed by atoms with Crippen molar-refractivity contribution in [2.24, 2.45) is 0 Å². The Morgan fingerprint density at radius 2 is 2.26 bits per heavy atom. The smallest absolute Gasteiger partial charge is 0.235 e. The van der Waals surface area contributed by atoms with E-state index in [1.807, 2.05) is 0 Å². The zero-order chi connectivity index (χ0) is 13.8. The summed E-state index contributed by atoms with van der Waals surface area (Å²) in [5.74, 6) is 0.830. The van der Waals surface area contributed by atoms with Gasteiger partial charge in [-0.1, -0.05) is 18.0 Å². The number of carbonyl (C=O) groups is 1. The Bertz CT molecular complexity index is 466. The van der Waals surface area contributed by atoms with Crippen LogP contribution in [0.5, 0.6) is 0 Å². The summed E-state index contributed by atoms with van der Waals surface area (Å²) in [6, 6.07) is 2.01. The van der Waals surface area contributed by atoms with E-state index in [-0.39, 0.29) is 17.7 Å². The highest BCUT2D eigenvalue weighted by molar-refractivity contribution is 7.85. The minimum absolute atomic E-state index is 0.120. The van der Waals surface area contributed by atoms with Crippen LogP contribution in [0.2, 0.25) is 0 Å². The standard InChI is InChI=1S/C13H20N2O3S/c1-9-7-12(15-18-9)8-19(17)10(2)13(16)14-11-5-3-4-6-11/h7,10-11H,3-6,8H2,1-2H3,(H,14,16). The fourth-order valence-corrected chi connectivity index (χ4v) is 3.25. The van der Waals surface area contributed by atoms with E-state index in [1.165, 1.54) is 12.8 Å². The number of aryl methyl sites for hydroxylation is 1. The molecule has 1 heterocycles. The first-order chi connectivity index (χ1) is 9.06. The molecule has 0 spiro atoms. The fraction of sp³-hybridized carbons (Fsp3) is 0.692. The molecule has 1 fully saturated rings. The third kappa shape index (κ3) is 3.89. The van der Waals surface area contributed by atoms with Crippen molar-refractivity contribution < 1.29 is 13.5 Å². The molecule has 1 N–H and O–H groups in total. The normalized spacial score (nSPS) is 19.3. The lowest BCUT2D eigenvalue weighted by Crippen LogP contribution is -2.40. The monoisotopic (exact) mass is 284 g/mol. The summed E-state index contributed by atoms with van der Waals surface area (Å²) in [7, 11) is -1.27. The number of hydrogen-bond acceptors (Lipinski definition) is 4. The van der Waals surface area contributed by atoms with E-state index >= 15 is 0 Å². The summed E-state index contributed by atoms with van der Waals surface area (Å²) >= 11 is 0. The summed E-state index contributed by atoms with van der Waals surface area (Å²) in [6.45, 7) is 3.49. The quantitative estimate of drug-likeness (QED) is 0.893. The lowest BCUT2D eigenvalue weighted by molar-refractivity contribution is -0.121.